The summed E-state index contributed by atoms with van der Waals surface area (Å²) in [7, 11) is 2.22. The van der Waals surface area contributed by atoms with Gasteiger partial charge in [0.2, 0.25) is 5.91 Å². The lowest BCUT2D eigenvalue weighted by atomic mass is 9.75. The highest BCUT2D eigenvalue weighted by Crippen LogP contribution is 2.46. The van der Waals surface area contributed by atoms with Crippen LogP contribution in [0.3, 0.4) is 0 Å². The van der Waals surface area contributed by atoms with Gasteiger partial charge in [-0.1, -0.05) is 29.8 Å². The van der Waals surface area contributed by atoms with Crippen molar-refractivity contribution in [2.45, 2.75) is 44.2 Å². The number of nitrogens with zero attached hydrogens (tertiary/aromatic N) is 2. The van der Waals surface area contributed by atoms with E-state index in [1.807, 2.05) is 4.90 Å². The van der Waals surface area contributed by atoms with Gasteiger partial charge in [0, 0.05) is 25.2 Å². The number of hydrogen-bond acceptors (Lipinski definition) is 3. The molecular weight excluding hydrogens is 300 g/mol. The molecule has 3 saturated heterocycles. The summed E-state index contributed by atoms with van der Waals surface area (Å²) in [5, 5.41) is 0. The molecule has 3 aliphatic rings. The largest absolute Gasteiger partial charge is 0.378 e. The normalized spacial score (nSPS) is 33.7. The van der Waals surface area contributed by atoms with Crippen molar-refractivity contribution in [2.24, 2.45) is 5.92 Å². The van der Waals surface area contributed by atoms with Crippen LogP contribution in [0, 0.1) is 12.8 Å². The van der Waals surface area contributed by atoms with Gasteiger partial charge in [-0.05, 0) is 44.7 Å². The molecule has 3 aliphatic heterocycles. The zero-order valence-electron chi connectivity index (χ0n) is 14.8. The van der Waals surface area contributed by atoms with E-state index in [0.717, 1.165) is 25.9 Å². The summed E-state index contributed by atoms with van der Waals surface area (Å²) in [6, 6.07) is 9.88. The first-order valence-corrected chi connectivity index (χ1v) is 9.30. The Kier molecular flexibility index (Phi) is 4.35. The minimum Gasteiger partial charge on any atom is -0.378 e. The van der Waals surface area contributed by atoms with Gasteiger partial charge in [0.15, 0.2) is 0 Å². The first-order chi connectivity index (χ1) is 11.6. The van der Waals surface area contributed by atoms with Crippen molar-refractivity contribution in [3.05, 3.63) is 35.4 Å². The first kappa shape index (κ1) is 16.1. The highest BCUT2D eigenvalue weighted by molar-refractivity contribution is 5.81. The maximum Gasteiger partial charge on any atom is 0.228 e. The number of carbonyl (C=O) groups is 1. The van der Waals surface area contributed by atoms with Gasteiger partial charge in [-0.15, -0.1) is 0 Å². The van der Waals surface area contributed by atoms with E-state index in [0.29, 0.717) is 37.1 Å². The second kappa shape index (κ2) is 6.49. The van der Waals surface area contributed by atoms with E-state index >= 15 is 0 Å². The molecule has 0 aromatic heterocycles. The number of rotatable bonds is 2. The van der Waals surface area contributed by atoms with E-state index in [2.05, 4.69) is 43.1 Å². The number of ether oxygens (including phenoxy) is 1. The Morgan fingerprint density at radius 2 is 1.83 bits per heavy atom. The van der Waals surface area contributed by atoms with Crippen molar-refractivity contribution in [1.29, 1.82) is 0 Å². The molecule has 4 atom stereocenters. The lowest BCUT2D eigenvalue weighted by molar-refractivity contribution is -0.144. The van der Waals surface area contributed by atoms with Gasteiger partial charge in [-0.25, -0.2) is 0 Å². The van der Waals surface area contributed by atoms with Crippen LogP contribution in [-0.4, -0.2) is 61.1 Å². The molecule has 130 valence electrons. The molecule has 0 aliphatic carbocycles. The Bertz CT molecular complexity index is 594. The van der Waals surface area contributed by atoms with Gasteiger partial charge in [-0.3, -0.25) is 9.69 Å². The third-order valence-corrected chi connectivity index (χ3v) is 6.38. The zero-order valence-corrected chi connectivity index (χ0v) is 14.8. The van der Waals surface area contributed by atoms with Crippen LogP contribution in [0.15, 0.2) is 24.3 Å². The van der Waals surface area contributed by atoms with Crippen LogP contribution in [0.2, 0.25) is 0 Å². The lowest BCUT2D eigenvalue weighted by Gasteiger charge is -2.44. The summed E-state index contributed by atoms with van der Waals surface area (Å²) in [4.78, 5) is 17.9. The monoisotopic (exact) mass is 328 g/mol. The molecule has 0 spiro atoms. The van der Waals surface area contributed by atoms with E-state index in [1.165, 1.54) is 17.5 Å². The molecule has 1 aromatic carbocycles. The SMILES string of the molecule is Cc1ccc([C@@H]2C[C@H]3CCC(C2C(=O)N2CCOCC2)N3C)cc1. The Morgan fingerprint density at radius 3 is 2.54 bits per heavy atom. The second-order valence-electron chi connectivity index (χ2n) is 7.68. The van der Waals surface area contributed by atoms with Crippen LogP contribution in [0.25, 0.3) is 0 Å². The van der Waals surface area contributed by atoms with Crippen molar-refractivity contribution < 1.29 is 9.53 Å². The molecule has 24 heavy (non-hydrogen) atoms. The van der Waals surface area contributed by atoms with Crippen LogP contribution in [-0.2, 0) is 9.53 Å². The number of carbonyl (C=O) groups excluding carboxylic acids is 1. The predicted molar refractivity (Wildman–Crippen MR) is 94.0 cm³/mol. The molecule has 3 heterocycles. The molecule has 4 nitrogen and oxygen atoms in total. The van der Waals surface area contributed by atoms with Crippen molar-refractivity contribution >= 4 is 5.91 Å². The Hall–Kier alpha value is -1.39. The summed E-state index contributed by atoms with van der Waals surface area (Å²) in [6.07, 6.45) is 3.50. The average molecular weight is 328 g/mol. The maximum atomic E-state index is 13.4. The smallest absolute Gasteiger partial charge is 0.228 e. The Balaban J connectivity index is 1.65. The molecule has 1 amide bonds. The molecule has 0 N–H and O–H groups in total. The predicted octanol–water partition coefficient (Wildman–Crippen LogP) is 2.42. The molecular formula is C20H28N2O2. The minimum absolute atomic E-state index is 0.0922. The van der Waals surface area contributed by atoms with Gasteiger partial charge >= 0.3 is 0 Å². The van der Waals surface area contributed by atoms with Gasteiger partial charge in [0.05, 0.1) is 19.1 Å². The summed E-state index contributed by atoms with van der Waals surface area (Å²) in [6.45, 7) is 4.97. The van der Waals surface area contributed by atoms with Gasteiger partial charge < -0.3 is 9.64 Å². The second-order valence-corrected chi connectivity index (χ2v) is 7.68. The fourth-order valence-corrected chi connectivity index (χ4v) is 4.95. The Morgan fingerprint density at radius 1 is 1.12 bits per heavy atom. The van der Waals surface area contributed by atoms with Crippen molar-refractivity contribution in [3.63, 3.8) is 0 Å². The zero-order chi connectivity index (χ0) is 16.7. The number of amides is 1. The molecule has 0 radical (unpaired) electrons. The first-order valence-electron chi connectivity index (χ1n) is 9.30. The van der Waals surface area contributed by atoms with Crippen LogP contribution < -0.4 is 0 Å². The highest BCUT2D eigenvalue weighted by Gasteiger charge is 2.50. The third-order valence-electron chi connectivity index (χ3n) is 6.38. The Labute approximate surface area is 144 Å². The van der Waals surface area contributed by atoms with Gasteiger partial charge in [0.25, 0.3) is 0 Å². The van der Waals surface area contributed by atoms with E-state index in [-0.39, 0.29) is 5.92 Å². The van der Waals surface area contributed by atoms with E-state index in [1.54, 1.807) is 0 Å². The van der Waals surface area contributed by atoms with Crippen LogP contribution in [0.5, 0.6) is 0 Å². The number of aryl methyl sites for hydroxylation is 1. The summed E-state index contributed by atoms with van der Waals surface area (Å²) in [5.41, 5.74) is 2.63. The summed E-state index contributed by atoms with van der Waals surface area (Å²) < 4.78 is 5.44. The summed E-state index contributed by atoms with van der Waals surface area (Å²) in [5.74, 6) is 0.797. The van der Waals surface area contributed by atoms with Crippen LogP contribution in [0.1, 0.15) is 36.3 Å². The van der Waals surface area contributed by atoms with Crippen molar-refractivity contribution in [3.8, 4) is 0 Å². The molecule has 4 heteroatoms. The quantitative estimate of drug-likeness (QED) is 0.836. The molecule has 1 aromatic rings. The average Bonchev–Trinajstić information content (AvgIpc) is 2.85. The lowest BCUT2D eigenvalue weighted by Crippen LogP contribution is -2.54. The summed E-state index contributed by atoms with van der Waals surface area (Å²) >= 11 is 0. The maximum absolute atomic E-state index is 13.4. The van der Waals surface area contributed by atoms with Crippen molar-refractivity contribution in [2.75, 3.05) is 33.4 Å². The van der Waals surface area contributed by atoms with Gasteiger partial charge in [0.1, 0.15) is 0 Å². The van der Waals surface area contributed by atoms with E-state index < -0.39 is 0 Å². The highest BCUT2D eigenvalue weighted by atomic mass is 16.5. The fraction of sp³-hybridized carbons (Fsp3) is 0.650. The third kappa shape index (κ3) is 2.76. The molecule has 2 bridgehead atoms. The van der Waals surface area contributed by atoms with Crippen LogP contribution in [0.4, 0.5) is 0 Å². The molecule has 3 fully saturated rings. The van der Waals surface area contributed by atoms with Gasteiger partial charge in [-0.2, -0.15) is 0 Å². The number of piperidine rings is 1. The topological polar surface area (TPSA) is 32.8 Å². The standard InChI is InChI=1S/C20H28N2O2/c1-14-3-5-15(6-4-14)17-13-16-7-8-18(21(16)2)19(17)20(23)22-9-11-24-12-10-22/h3-6,16-19H,7-13H2,1-2H3/t16-,17+,18?,19?/m1/s1. The number of fused-ring (bicyclic) bond motifs is 2. The number of hydrogen-bond donors (Lipinski definition) is 0. The fourth-order valence-electron chi connectivity index (χ4n) is 4.95. The molecule has 4 rings (SSSR count). The van der Waals surface area contributed by atoms with E-state index in [4.69, 9.17) is 4.74 Å². The van der Waals surface area contributed by atoms with Crippen molar-refractivity contribution in [1.82, 2.24) is 9.80 Å². The molecule has 0 saturated carbocycles. The number of benzene rings is 1. The van der Waals surface area contributed by atoms with Crippen LogP contribution >= 0.6 is 0 Å². The van der Waals surface area contributed by atoms with E-state index in [9.17, 15) is 4.79 Å². The molecule has 2 unspecified atom stereocenters. The number of morpholine rings is 1. The minimum atomic E-state index is 0.0922.